The average molecular weight is 247 g/mol. The van der Waals surface area contributed by atoms with Gasteiger partial charge in [-0.2, -0.15) is 4.98 Å². The number of methoxy groups -OCH3 is 1. The van der Waals surface area contributed by atoms with Crippen molar-refractivity contribution in [2.45, 2.75) is 19.8 Å². The summed E-state index contributed by atoms with van der Waals surface area (Å²) in [6.07, 6.45) is 1.68. The molecule has 5 heteroatoms. The van der Waals surface area contributed by atoms with Gasteiger partial charge in [-0.15, -0.1) is 0 Å². The summed E-state index contributed by atoms with van der Waals surface area (Å²) < 4.78 is 10.2. The van der Waals surface area contributed by atoms with Crippen molar-refractivity contribution in [3.8, 4) is 5.75 Å². The highest BCUT2D eigenvalue weighted by Crippen LogP contribution is 2.14. The molecule has 0 amide bonds. The SMILES string of the molecule is CCCNc1nc(Cc2ccc(OC)cc2)no1. The van der Waals surface area contributed by atoms with Crippen LogP contribution in [-0.4, -0.2) is 23.8 Å². The third-order valence-electron chi connectivity index (χ3n) is 2.52. The van der Waals surface area contributed by atoms with E-state index in [1.165, 1.54) is 0 Å². The average Bonchev–Trinajstić information content (AvgIpc) is 2.85. The lowest BCUT2D eigenvalue weighted by atomic mass is 10.1. The number of benzene rings is 1. The summed E-state index contributed by atoms with van der Waals surface area (Å²) in [5, 5.41) is 6.99. The number of ether oxygens (including phenoxy) is 1. The standard InChI is InChI=1S/C13H17N3O2/c1-3-8-14-13-15-12(16-18-13)9-10-4-6-11(17-2)7-5-10/h4-7H,3,8-9H2,1-2H3,(H,14,15,16). The summed E-state index contributed by atoms with van der Waals surface area (Å²) in [6.45, 7) is 2.92. The maximum atomic E-state index is 5.11. The molecule has 1 N–H and O–H groups in total. The normalized spacial score (nSPS) is 10.3. The highest BCUT2D eigenvalue weighted by atomic mass is 16.5. The van der Waals surface area contributed by atoms with Crippen LogP contribution in [0.5, 0.6) is 5.75 Å². The van der Waals surface area contributed by atoms with Crippen molar-refractivity contribution in [2.75, 3.05) is 19.0 Å². The zero-order chi connectivity index (χ0) is 12.8. The zero-order valence-corrected chi connectivity index (χ0v) is 10.6. The molecular formula is C13H17N3O2. The number of anilines is 1. The summed E-state index contributed by atoms with van der Waals surface area (Å²) in [6, 6.07) is 8.32. The van der Waals surface area contributed by atoms with E-state index in [1.807, 2.05) is 24.3 Å². The molecule has 0 atom stereocenters. The van der Waals surface area contributed by atoms with Gasteiger partial charge in [0.25, 0.3) is 0 Å². The Hall–Kier alpha value is -2.04. The Morgan fingerprint density at radius 1 is 1.28 bits per heavy atom. The second-order valence-corrected chi connectivity index (χ2v) is 3.97. The van der Waals surface area contributed by atoms with Crippen LogP contribution in [0.3, 0.4) is 0 Å². The number of rotatable bonds is 6. The van der Waals surface area contributed by atoms with Gasteiger partial charge < -0.3 is 14.6 Å². The smallest absolute Gasteiger partial charge is 0.321 e. The predicted octanol–water partition coefficient (Wildman–Crippen LogP) is 2.49. The first-order valence-electron chi connectivity index (χ1n) is 6.01. The molecule has 96 valence electrons. The fourth-order valence-electron chi connectivity index (χ4n) is 1.56. The Labute approximate surface area is 106 Å². The van der Waals surface area contributed by atoms with Crippen molar-refractivity contribution in [1.82, 2.24) is 10.1 Å². The molecule has 0 saturated carbocycles. The summed E-state index contributed by atoms with van der Waals surface area (Å²) in [5.74, 6) is 1.52. The number of nitrogens with zero attached hydrogens (tertiary/aromatic N) is 2. The fourth-order valence-corrected chi connectivity index (χ4v) is 1.56. The van der Waals surface area contributed by atoms with Crippen molar-refractivity contribution in [3.05, 3.63) is 35.7 Å². The lowest BCUT2D eigenvalue weighted by Crippen LogP contribution is -1.99. The Morgan fingerprint density at radius 2 is 2.06 bits per heavy atom. The van der Waals surface area contributed by atoms with Crippen molar-refractivity contribution in [3.63, 3.8) is 0 Å². The van der Waals surface area contributed by atoms with Crippen LogP contribution >= 0.6 is 0 Å². The van der Waals surface area contributed by atoms with Crippen LogP contribution in [0.4, 0.5) is 6.01 Å². The van der Waals surface area contributed by atoms with Gasteiger partial charge in [-0.3, -0.25) is 0 Å². The van der Waals surface area contributed by atoms with Gasteiger partial charge in [0, 0.05) is 13.0 Å². The molecule has 2 aromatic rings. The molecule has 0 saturated heterocycles. The van der Waals surface area contributed by atoms with Gasteiger partial charge in [-0.25, -0.2) is 0 Å². The van der Waals surface area contributed by atoms with Gasteiger partial charge >= 0.3 is 6.01 Å². The molecule has 0 aliphatic rings. The van der Waals surface area contributed by atoms with Gasteiger partial charge in [-0.1, -0.05) is 24.2 Å². The van der Waals surface area contributed by atoms with Crippen molar-refractivity contribution in [2.24, 2.45) is 0 Å². The van der Waals surface area contributed by atoms with Crippen LogP contribution in [0.2, 0.25) is 0 Å². The zero-order valence-electron chi connectivity index (χ0n) is 10.6. The second-order valence-electron chi connectivity index (χ2n) is 3.97. The van der Waals surface area contributed by atoms with E-state index in [-0.39, 0.29) is 0 Å². The van der Waals surface area contributed by atoms with Crippen LogP contribution in [0, 0.1) is 0 Å². The minimum Gasteiger partial charge on any atom is -0.497 e. The number of aromatic nitrogens is 2. The van der Waals surface area contributed by atoms with Gasteiger partial charge in [0.15, 0.2) is 5.82 Å². The maximum absolute atomic E-state index is 5.11. The predicted molar refractivity (Wildman–Crippen MR) is 68.9 cm³/mol. The van der Waals surface area contributed by atoms with Gasteiger partial charge in [0.2, 0.25) is 0 Å². The van der Waals surface area contributed by atoms with Gasteiger partial charge in [0.1, 0.15) is 5.75 Å². The van der Waals surface area contributed by atoms with Crippen LogP contribution in [0.25, 0.3) is 0 Å². The molecule has 0 aliphatic carbocycles. The highest BCUT2D eigenvalue weighted by molar-refractivity contribution is 5.29. The van der Waals surface area contributed by atoms with Crippen molar-refractivity contribution in [1.29, 1.82) is 0 Å². The van der Waals surface area contributed by atoms with Crippen molar-refractivity contribution >= 4 is 6.01 Å². The largest absolute Gasteiger partial charge is 0.497 e. The van der Waals surface area contributed by atoms with Gasteiger partial charge in [0.05, 0.1) is 7.11 Å². The number of hydrogen-bond acceptors (Lipinski definition) is 5. The molecule has 0 unspecified atom stereocenters. The first kappa shape index (κ1) is 12.4. The van der Waals surface area contributed by atoms with E-state index in [9.17, 15) is 0 Å². The molecule has 0 aliphatic heterocycles. The van der Waals surface area contributed by atoms with Crippen LogP contribution < -0.4 is 10.1 Å². The van der Waals surface area contributed by atoms with Crippen LogP contribution in [-0.2, 0) is 6.42 Å². The number of nitrogens with one attached hydrogen (secondary N) is 1. The monoisotopic (exact) mass is 247 g/mol. The van der Waals surface area contributed by atoms with Crippen molar-refractivity contribution < 1.29 is 9.26 Å². The Balaban J connectivity index is 1.97. The molecule has 0 fully saturated rings. The van der Waals surface area contributed by atoms with Crippen LogP contribution in [0.15, 0.2) is 28.8 Å². The fraction of sp³-hybridized carbons (Fsp3) is 0.385. The summed E-state index contributed by atoms with van der Waals surface area (Å²) >= 11 is 0. The Morgan fingerprint density at radius 3 is 2.72 bits per heavy atom. The topological polar surface area (TPSA) is 60.2 Å². The lowest BCUT2D eigenvalue weighted by Gasteiger charge is -2.00. The number of hydrogen-bond donors (Lipinski definition) is 1. The first-order chi connectivity index (χ1) is 8.81. The molecule has 0 radical (unpaired) electrons. The molecule has 1 aromatic heterocycles. The van der Waals surface area contributed by atoms with E-state index < -0.39 is 0 Å². The van der Waals surface area contributed by atoms with Crippen LogP contribution in [0.1, 0.15) is 24.7 Å². The van der Waals surface area contributed by atoms with Gasteiger partial charge in [-0.05, 0) is 24.1 Å². The third kappa shape index (κ3) is 3.23. The van der Waals surface area contributed by atoms with E-state index in [0.29, 0.717) is 18.3 Å². The second kappa shape index (κ2) is 6.05. The summed E-state index contributed by atoms with van der Waals surface area (Å²) in [4.78, 5) is 4.27. The van der Waals surface area contributed by atoms with E-state index in [4.69, 9.17) is 9.26 Å². The molecule has 5 nitrogen and oxygen atoms in total. The van der Waals surface area contributed by atoms with E-state index in [0.717, 1.165) is 24.3 Å². The lowest BCUT2D eigenvalue weighted by molar-refractivity contribution is 0.414. The summed E-state index contributed by atoms with van der Waals surface area (Å²) in [7, 11) is 1.65. The quantitative estimate of drug-likeness (QED) is 0.849. The molecular weight excluding hydrogens is 230 g/mol. The van der Waals surface area contributed by atoms with E-state index in [1.54, 1.807) is 7.11 Å². The third-order valence-corrected chi connectivity index (χ3v) is 2.52. The first-order valence-corrected chi connectivity index (χ1v) is 6.01. The Bertz CT molecular complexity index is 479. The molecule has 1 heterocycles. The molecule has 0 spiro atoms. The minimum absolute atomic E-state index is 0.486. The minimum atomic E-state index is 0.486. The van der Waals surface area contributed by atoms with E-state index in [2.05, 4.69) is 22.4 Å². The molecule has 0 bridgehead atoms. The van der Waals surface area contributed by atoms with E-state index >= 15 is 0 Å². The Kier molecular flexibility index (Phi) is 4.17. The molecule has 18 heavy (non-hydrogen) atoms. The maximum Gasteiger partial charge on any atom is 0.321 e. The molecule has 2 rings (SSSR count). The molecule has 1 aromatic carbocycles. The summed E-state index contributed by atoms with van der Waals surface area (Å²) in [5.41, 5.74) is 1.12. The highest BCUT2D eigenvalue weighted by Gasteiger charge is 2.06.